The van der Waals surface area contributed by atoms with Gasteiger partial charge in [0.25, 0.3) is 0 Å². The van der Waals surface area contributed by atoms with Crippen LogP contribution < -0.4 is 0 Å². The lowest BCUT2D eigenvalue weighted by molar-refractivity contribution is 0.731. The van der Waals surface area contributed by atoms with Gasteiger partial charge in [0.2, 0.25) is 0 Å². The molecule has 0 unspecified atom stereocenters. The van der Waals surface area contributed by atoms with Crippen molar-refractivity contribution in [3.8, 4) is 22.0 Å². The number of benzene rings is 2. The molecule has 29 heavy (non-hydrogen) atoms. The molecule has 2 aromatic carbocycles. The molecule has 0 aliphatic heterocycles. The molecule has 0 atom stereocenters. The molecule has 0 aliphatic carbocycles. The summed E-state index contributed by atoms with van der Waals surface area (Å²) in [5.74, 6) is 1.47. The Morgan fingerprint density at radius 2 is 1.86 bits per heavy atom. The van der Waals surface area contributed by atoms with E-state index in [0.29, 0.717) is 11.6 Å². The summed E-state index contributed by atoms with van der Waals surface area (Å²) in [6.45, 7) is 6.59. The topological polar surface area (TPSA) is 43.6 Å². The van der Waals surface area contributed by atoms with E-state index in [9.17, 15) is 0 Å². The van der Waals surface area contributed by atoms with Gasteiger partial charge in [-0.3, -0.25) is 4.57 Å². The van der Waals surface area contributed by atoms with E-state index in [1.807, 2.05) is 47.0 Å². The van der Waals surface area contributed by atoms with Gasteiger partial charge in [-0.05, 0) is 24.6 Å². The van der Waals surface area contributed by atoms with E-state index >= 15 is 0 Å². The molecule has 0 saturated carbocycles. The number of halogens is 1. The molecule has 7 heteroatoms. The van der Waals surface area contributed by atoms with Crippen LogP contribution in [0, 0.1) is 6.92 Å². The predicted molar refractivity (Wildman–Crippen MR) is 123 cm³/mol. The van der Waals surface area contributed by atoms with Gasteiger partial charge in [-0.15, -0.1) is 28.1 Å². The number of allylic oxidation sites excluding steroid dienone is 1. The Labute approximate surface area is 183 Å². The van der Waals surface area contributed by atoms with Crippen LogP contribution in [0.4, 0.5) is 0 Å². The van der Waals surface area contributed by atoms with Crippen LogP contribution in [0.1, 0.15) is 11.3 Å². The summed E-state index contributed by atoms with van der Waals surface area (Å²) in [5, 5.41) is 13.4. The molecule has 0 fully saturated rings. The SMILES string of the molecule is C=CCn1c(SCc2csc(-c3ccccc3C)n2)nnc1-c1ccccc1Cl. The largest absolute Gasteiger partial charge is 0.298 e. The maximum atomic E-state index is 6.36. The lowest BCUT2D eigenvalue weighted by atomic mass is 10.1. The minimum atomic E-state index is 0.613. The van der Waals surface area contributed by atoms with Gasteiger partial charge < -0.3 is 0 Å². The van der Waals surface area contributed by atoms with E-state index < -0.39 is 0 Å². The second-order valence-corrected chi connectivity index (χ2v) is 8.64. The van der Waals surface area contributed by atoms with E-state index in [1.54, 1.807) is 23.1 Å². The van der Waals surface area contributed by atoms with Gasteiger partial charge in [-0.25, -0.2) is 4.98 Å². The Morgan fingerprint density at radius 1 is 1.10 bits per heavy atom. The lowest BCUT2D eigenvalue weighted by Crippen LogP contribution is -2.01. The Hall–Kier alpha value is -2.41. The Morgan fingerprint density at radius 3 is 2.62 bits per heavy atom. The Bertz CT molecular complexity index is 1150. The van der Waals surface area contributed by atoms with Crippen molar-refractivity contribution in [3.63, 3.8) is 0 Å². The Balaban J connectivity index is 1.56. The molecule has 4 rings (SSSR count). The summed E-state index contributed by atoms with van der Waals surface area (Å²) in [5.41, 5.74) is 4.32. The number of thiazole rings is 1. The highest BCUT2D eigenvalue weighted by Gasteiger charge is 2.16. The average molecular weight is 439 g/mol. The van der Waals surface area contributed by atoms with Crippen molar-refractivity contribution in [2.24, 2.45) is 0 Å². The van der Waals surface area contributed by atoms with Gasteiger partial charge in [0.15, 0.2) is 11.0 Å². The minimum Gasteiger partial charge on any atom is -0.298 e. The molecule has 4 nitrogen and oxygen atoms in total. The molecule has 0 spiro atoms. The summed E-state index contributed by atoms with van der Waals surface area (Å²) < 4.78 is 2.04. The van der Waals surface area contributed by atoms with E-state index in [-0.39, 0.29) is 0 Å². The van der Waals surface area contributed by atoms with Crippen LogP contribution in [-0.4, -0.2) is 19.7 Å². The van der Waals surface area contributed by atoms with Crippen LogP contribution in [0.2, 0.25) is 5.02 Å². The highest BCUT2D eigenvalue weighted by atomic mass is 35.5. The van der Waals surface area contributed by atoms with Crippen LogP contribution in [0.5, 0.6) is 0 Å². The number of hydrogen-bond donors (Lipinski definition) is 0. The molecule has 0 saturated heterocycles. The standard InChI is InChI=1S/C22H19ClN4S2/c1-3-12-27-20(18-10-6-7-11-19(18)23)25-26-22(27)29-14-16-13-28-21(24-16)17-9-5-4-8-15(17)2/h3-11,13H,1,12,14H2,2H3. The molecular formula is C22H19ClN4S2. The first kappa shape index (κ1) is 19.9. The van der Waals surface area contributed by atoms with Crippen LogP contribution >= 0.6 is 34.7 Å². The minimum absolute atomic E-state index is 0.613. The fourth-order valence-corrected chi connectivity index (χ4v) is 5.05. The molecule has 0 radical (unpaired) electrons. The van der Waals surface area contributed by atoms with E-state index in [1.165, 1.54) is 11.1 Å². The van der Waals surface area contributed by atoms with Crippen molar-refractivity contribution < 1.29 is 0 Å². The summed E-state index contributed by atoms with van der Waals surface area (Å²) in [7, 11) is 0. The summed E-state index contributed by atoms with van der Waals surface area (Å²) in [6, 6.07) is 16.0. The molecule has 2 heterocycles. The first-order valence-corrected chi connectivity index (χ1v) is 11.3. The molecular weight excluding hydrogens is 420 g/mol. The fourth-order valence-electron chi connectivity index (χ4n) is 2.98. The number of rotatable bonds is 7. The van der Waals surface area contributed by atoms with Gasteiger partial charge in [0, 0.05) is 28.8 Å². The predicted octanol–water partition coefficient (Wildman–Crippen LogP) is 6.51. The number of nitrogens with zero attached hydrogens (tertiary/aromatic N) is 4. The van der Waals surface area contributed by atoms with Gasteiger partial charge in [0.05, 0.1) is 10.7 Å². The average Bonchev–Trinajstić information content (AvgIpc) is 3.35. The smallest absolute Gasteiger partial charge is 0.192 e. The monoisotopic (exact) mass is 438 g/mol. The van der Waals surface area contributed by atoms with E-state index in [4.69, 9.17) is 16.6 Å². The molecule has 0 bridgehead atoms. The van der Waals surface area contributed by atoms with Crippen LogP contribution in [0.25, 0.3) is 22.0 Å². The lowest BCUT2D eigenvalue weighted by Gasteiger charge is -2.08. The molecule has 2 aromatic heterocycles. The molecule has 4 aromatic rings. The number of hydrogen-bond acceptors (Lipinski definition) is 5. The highest BCUT2D eigenvalue weighted by molar-refractivity contribution is 7.98. The third kappa shape index (κ3) is 4.29. The van der Waals surface area contributed by atoms with Crippen molar-refractivity contribution in [1.82, 2.24) is 19.7 Å². The van der Waals surface area contributed by atoms with Crippen LogP contribution in [0.3, 0.4) is 0 Å². The second kappa shape index (κ2) is 8.95. The zero-order valence-corrected chi connectivity index (χ0v) is 18.3. The second-order valence-electron chi connectivity index (χ2n) is 6.43. The third-order valence-electron chi connectivity index (χ3n) is 4.42. The van der Waals surface area contributed by atoms with Crippen molar-refractivity contribution in [1.29, 1.82) is 0 Å². The first-order valence-electron chi connectivity index (χ1n) is 9.09. The van der Waals surface area contributed by atoms with E-state index in [2.05, 4.69) is 41.2 Å². The maximum absolute atomic E-state index is 6.36. The molecule has 0 N–H and O–H groups in total. The van der Waals surface area contributed by atoms with Gasteiger partial charge in [0.1, 0.15) is 5.01 Å². The quantitative estimate of drug-likeness (QED) is 0.243. The summed E-state index contributed by atoms with van der Waals surface area (Å²) in [6.07, 6.45) is 1.84. The van der Waals surface area contributed by atoms with Crippen molar-refractivity contribution in [2.45, 2.75) is 24.4 Å². The highest BCUT2D eigenvalue weighted by Crippen LogP contribution is 2.32. The van der Waals surface area contributed by atoms with Gasteiger partial charge in [-0.2, -0.15) is 0 Å². The summed E-state index contributed by atoms with van der Waals surface area (Å²) in [4.78, 5) is 4.81. The van der Waals surface area contributed by atoms with Gasteiger partial charge in [-0.1, -0.05) is 65.8 Å². The number of aryl methyl sites for hydroxylation is 1. The zero-order chi connectivity index (χ0) is 20.2. The zero-order valence-electron chi connectivity index (χ0n) is 15.9. The number of aromatic nitrogens is 4. The fraction of sp³-hybridized carbons (Fsp3) is 0.136. The van der Waals surface area contributed by atoms with Crippen molar-refractivity contribution in [3.05, 3.63) is 82.8 Å². The molecule has 0 amide bonds. The first-order chi connectivity index (χ1) is 14.2. The Kier molecular flexibility index (Phi) is 6.13. The molecule has 146 valence electrons. The maximum Gasteiger partial charge on any atom is 0.192 e. The third-order valence-corrected chi connectivity index (χ3v) is 6.67. The normalized spacial score (nSPS) is 11.0. The van der Waals surface area contributed by atoms with Gasteiger partial charge >= 0.3 is 0 Å². The number of thioether (sulfide) groups is 1. The van der Waals surface area contributed by atoms with Crippen molar-refractivity contribution >= 4 is 34.7 Å². The van der Waals surface area contributed by atoms with Crippen molar-refractivity contribution in [2.75, 3.05) is 0 Å². The van der Waals surface area contributed by atoms with Crippen LogP contribution in [0.15, 0.2) is 71.7 Å². The van der Waals surface area contributed by atoms with Crippen LogP contribution in [-0.2, 0) is 12.3 Å². The van der Waals surface area contributed by atoms with E-state index in [0.717, 1.165) is 33.0 Å². The summed E-state index contributed by atoms with van der Waals surface area (Å²) >= 11 is 9.65. The molecule has 0 aliphatic rings.